The van der Waals surface area contributed by atoms with Gasteiger partial charge in [-0.05, 0) is 85.0 Å². The molecule has 0 spiro atoms. The summed E-state index contributed by atoms with van der Waals surface area (Å²) in [5.41, 5.74) is 4.94. The summed E-state index contributed by atoms with van der Waals surface area (Å²) in [5, 5.41) is 11.8. The van der Waals surface area contributed by atoms with Crippen molar-refractivity contribution in [1.82, 2.24) is 5.32 Å². The minimum atomic E-state index is -0.822. The Bertz CT molecular complexity index is 1120. The highest BCUT2D eigenvalue weighted by Crippen LogP contribution is 2.30. The number of aliphatic carboxylic acids is 1. The molecule has 2 N–H and O–H groups in total. The molecule has 0 saturated carbocycles. The van der Waals surface area contributed by atoms with Crippen molar-refractivity contribution in [3.63, 3.8) is 0 Å². The van der Waals surface area contributed by atoms with Crippen molar-refractivity contribution in [1.29, 1.82) is 0 Å². The molecule has 0 saturated heterocycles. The fourth-order valence-corrected chi connectivity index (χ4v) is 4.07. The second-order valence-electron chi connectivity index (χ2n) is 8.92. The van der Waals surface area contributed by atoms with E-state index in [1.165, 1.54) is 11.1 Å². The topological polar surface area (TPSA) is 58.6 Å². The SMILES string of the molecule is Cc1ccc(CC(CCCOc2ccc(CNCCC(=O)O)cc2)c2cccc(F)c2F)cc1C. The second kappa shape index (κ2) is 13.0. The van der Waals surface area contributed by atoms with Crippen molar-refractivity contribution in [3.8, 4) is 5.75 Å². The van der Waals surface area contributed by atoms with Gasteiger partial charge < -0.3 is 15.2 Å². The maximum absolute atomic E-state index is 14.6. The van der Waals surface area contributed by atoms with Crippen molar-refractivity contribution in [3.05, 3.63) is 100 Å². The minimum absolute atomic E-state index is 0.0885. The van der Waals surface area contributed by atoms with Gasteiger partial charge in [0.25, 0.3) is 0 Å². The highest BCUT2D eigenvalue weighted by molar-refractivity contribution is 5.66. The molecule has 0 aliphatic carbocycles. The molecule has 186 valence electrons. The Morgan fingerprint density at radius 1 is 1.00 bits per heavy atom. The lowest BCUT2D eigenvalue weighted by atomic mass is 9.87. The Labute approximate surface area is 206 Å². The summed E-state index contributed by atoms with van der Waals surface area (Å²) in [5.74, 6) is -1.83. The first kappa shape index (κ1) is 26.4. The molecule has 3 aromatic carbocycles. The van der Waals surface area contributed by atoms with Gasteiger partial charge >= 0.3 is 5.97 Å². The van der Waals surface area contributed by atoms with Gasteiger partial charge in [-0.25, -0.2) is 8.78 Å². The highest BCUT2D eigenvalue weighted by atomic mass is 19.2. The Hall–Kier alpha value is -3.25. The number of rotatable bonds is 13. The van der Waals surface area contributed by atoms with Crippen LogP contribution in [0.4, 0.5) is 8.78 Å². The summed E-state index contributed by atoms with van der Waals surface area (Å²) < 4.78 is 34.4. The Morgan fingerprint density at radius 2 is 1.74 bits per heavy atom. The predicted molar refractivity (Wildman–Crippen MR) is 134 cm³/mol. The number of ether oxygens (including phenoxy) is 1. The zero-order chi connectivity index (χ0) is 25.2. The van der Waals surface area contributed by atoms with Gasteiger partial charge in [0.2, 0.25) is 0 Å². The second-order valence-corrected chi connectivity index (χ2v) is 8.92. The molecule has 3 rings (SSSR count). The number of halogens is 2. The zero-order valence-corrected chi connectivity index (χ0v) is 20.3. The number of carboxylic acid groups (broad SMARTS) is 1. The molecule has 6 heteroatoms. The molecular weight excluding hydrogens is 448 g/mol. The zero-order valence-electron chi connectivity index (χ0n) is 20.3. The number of carboxylic acids is 1. The molecule has 4 nitrogen and oxygen atoms in total. The average Bonchev–Trinajstić information content (AvgIpc) is 2.83. The molecule has 0 bridgehead atoms. The van der Waals surface area contributed by atoms with E-state index in [-0.39, 0.29) is 12.3 Å². The molecule has 0 radical (unpaired) electrons. The van der Waals surface area contributed by atoms with Crippen LogP contribution in [-0.2, 0) is 17.8 Å². The highest BCUT2D eigenvalue weighted by Gasteiger charge is 2.19. The van der Waals surface area contributed by atoms with Crippen LogP contribution in [0.25, 0.3) is 0 Å². The van der Waals surface area contributed by atoms with Gasteiger partial charge in [0.05, 0.1) is 13.0 Å². The lowest BCUT2D eigenvalue weighted by Crippen LogP contribution is -2.17. The van der Waals surface area contributed by atoms with Gasteiger partial charge in [-0.2, -0.15) is 0 Å². The Balaban J connectivity index is 1.56. The molecule has 0 aromatic heterocycles. The number of nitrogens with one attached hydrogen (secondary N) is 1. The van der Waals surface area contributed by atoms with E-state index in [4.69, 9.17) is 9.84 Å². The van der Waals surface area contributed by atoms with E-state index in [1.54, 1.807) is 12.1 Å². The molecule has 1 unspecified atom stereocenters. The maximum Gasteiger partial charge on any atom is 0.304 e. The third-order valence-corrected chi connectivity index (χ3v) is 6.21. The molecule has 0 heterocycles. The third kappa shape index (κ3) is 8.18. The molecule has 35 heavy (non-hydrogen) atoms. The molecule has 1 atom stereocenters. The van der Waals surface area contributed by atoms with Gasteiger partial charge in [0.1, 0.15) is 5.75 Å². The standard InChI is InChI=1S/C29H33F2NO3/c1-20-8-9-23(17-21(20)2)18-24(26-6-3-7-27(30)29(26)31)5-4-16-35-25-12-10-22(11-13-25)19-32-15-14-28(33)34/h3,6-13,17,24,32H,4-5,14-16,18-19H2,1-2H3,(H,33,34). The fourth-order valence-electron chi connectivity index (χ4n) is 4.07. The lowest BCUT2D eigenvalue weighted by Gasteiger charge is -2.19. The minimum Gasteiger partial charge on any atom is -0.494 e. The Kier molecular flexibility index (Phi) is 9.79. The van der Waals surface area contributed by atoms with Crippen LogP contribution in [0.2, 0.25) is 0 Å². The van der Waals surface area contributed by atoms with Crippen LogP contribution in [0.1, 0.15) is 53.0 Å². The van der Waals surface area contributed by atoms with Crippen LogP contribution in [-0.4, -0.2) is 24.2 Å². The first-order valence-electron chi connectivity index (χ1n) is 12.0. The van der Waals surface area contributed by atoms with Gasteiger partial charge in [-0.3, -0.25) is 4.79 Å². The van der Waals surface area contributed by atoms with Crippen molar-refractivity contribution in [2.75, 3.05) is 13.2 Å². The smallest absolute Gasteiger partial charge is 0.304 e. The summed E-state index contributed by atoms with van der Waals surface area (Å²) in [6.07, 6.45) is 2.08. The average molecular weight is 482 g/mol. The summed E-state index contributed by atoms with van der Waals surface area (Å²) >= 11 is 0. The maximum atomic E-state index is 14.6. The fraction of sp³-hybridized carbons (Fsp3) is 0.345. The normalized spacial score (nSPS) is 11.9. The predicted octanol–water partition coefficient (Wildman–Crippen LogP) is 6.33. The summed E-state index contributed by atoms with van der Waals surface area (Å²) in [6.45, 7) is 5.59. The van der Waals surface area contributed by atoms with Crippen LogP contribution in [0.5, 0.6) is 5.75 Å². The van der Waals surface area contributed by atoms with Gasteiger partial charge in [-0.1, -0.05) is 42.5 Å². The number of benzene rings is 3. The number of hydrogen-bond acceptors (Lipinski definition) is 3. The van der Waals surface area contributed by atoms with Crippen molar-refractivity contribution in [2.45, 2.75) is 52.0 Å². The third-order valence-electron chi connectivity index (χ3n) is 6.21. The van der Waals surface area contributed by atoms with Crippen LogP contribution in [0.15, 0.2) is 60.7 Å². The largest absolute Gasteiger partial charge is 0.494 e. The van der Waals surface area contributed by atoms with E-state index in [0.29, 0.717) is 44.5 Å². The van der Waals surface area contributed by atoms with E-state index < -0.39 is 17.6 Å². The summed E-state index contributed by atoms with van der Waals surface area (Å²) in [4.78, 5) is 10.6. The lowest BCUT2D eigenvalue weighted by molar-refractivity contribution is -0.136. The summed E-state index contributed by atoms with van der Waals surface area (Å²) in [7, 11) is 0. The van der Waals surface area contributed by atoms with Crippen LogP contribution in [0.3, 0.4) is 0 Å². The molecule has 0 aliphatic rings. The Morgan fingerprint density at radius 3 is 2.46 bits per heavy atom. The first-order valence-corrected chi connectivity index (χ1v) is 12.0. The summed E-state index contributed by atoms with van der Waals surface area (Å²) in [6, 6.07) is 18.3. The van der Waals surface area contributed by atoms with E-state index in [2.05, 4.69) is 37.4 Å². The van der Waals surface area contributed by atoms with E-state index in [1.807, 2.05) is 24.3 Å². The number of carbonyl (C=O) groups is 1. The molecule has 0 aliphatic heterocycles. The van der Waals surface area contributed by atoms with Crippen LogP contribution < -0.4 is 10.1 Å². The van der Waals surface area contributed by atoms with Gasteiger partial charge in [0, 0.05) is 13.1 Å². The number of aryl methyl sites for hydroxylation is 2. The van der Waals surface area contributed by atoms with Gasteiger partial charge in [-0.15, -0.1) is 0 Å². The molecular formula is C29H33F2NO3. The van der Waals surface area contributed by atoms with Crippen molar-refractivity contribution < 1.29 is 23.4 Å². The molecule has 0 fully saturated rings. The van der Waals surface area contributed by atoms with E-state index in [0.717, 1.165) is 22.9 Å². The monoisotopic (exact) mass is 481 g/mol. The van der Waals surface area contributed by atoms with Gasteiger partial charge in [0.15, 0.2) is 11.6 Å². The van der Waals surface area contributed by atoms with Crippen molar-refractivity contribution >= 4 is 5.97 Å². The van der Waals surface area contributed by atoms with Crippen molar-refractivity contribution in [2.24, 2.45) is 0 Å². The van der Waals surface area contributed by atoms with Crippen LogP contribution >= 0.6 is 0 Å². The van der Waals surface area contributed by atoms with Crippen LogP contribution in [0, 0.1) is 25.5 Å². The number of hydrogen-bond donors (Lipinski definition) is 2. The van der Waals surface area contributed by atoms with E-state index >= 15 is 0 Å². The quantitative estimate of drug-likeness (QED) is 0.280. The molecule has 0 amide bonds. The van der Waals surface area contributed by atoms with E-state index in [9.17, 15) is 13.6 Å². The molecule has 3 aromatic rings. The first-order chi connectivity index (χ1) is 16.8.